The molecule has 0 bridgehead atoms. The molecule has 1 amide bonds. The van der Waals surface area contributed by atoms with Crippen LogP contribution in [0.2, 0.25) is 0 Å². The highest BCUT2D eigenvalue weighted by molar-refractivity contribution is 5.91. The Kier molecular flexibility index (Phi) is 4.62. The van der Waals surface area contributed by atoms with Gasteiger partial charge in [-0.15, -0.1) is 0 Å². The summed E-state index contributed by atoms with van der Waals surface area (Å²) in [5.74, 6) is 0.591. The van der Waals surface area contributed by atoms with E-state index in [1.807, 2.05) is 0 Å². The van der Waals surface area contributed by atoms with Crippen LogP contribution in [0.5, 0.6) is 0 Å². The van der Waals surface area contributed by atoms with Gasteiger partial charge in [0.15, 0.2) is 5.76 Å². The molecule has 2 heterocycles. The smallest absolute Gasteiger partial charge is 0.287 e. The molecular formula is C17H20N2O4. The average Bonchev–Trinajstić information content (AvgIpc) is 3.16. The number of aliphatic hydroxyl groups is 1. The third-order valence-electron chi connectivity index (χ3n) is 4.25. The van der Waals surface area contributed by atoms with Crippen LogP contribution in [0, 0.1) is 5.92 Å². The van der Waals surface area contributed by atoms with Crippen LogP contribution in [0.1, 0.15) is 35.6 Å². The van der Waals surface area contributed by atoms with Crippen molar-refractivity contribution in [2.24, 2.45) is 5.92 Å². The van der Waals surface area contributed by atoms with Gasteiger partial charge in [0, 0.05) is 24.7 Å². The Morgan fingerprint density at radius 2 is 2.17 bits per heavy atom. The summed E-state index contributed by atoms with van der Waals surface area (Å²) < 4.78 is 7.02. The Labute approximate surface area is 133 Å². The summed E-state index contributed by atoms with van der Waals surface area (Å²) in [5.41, 5.74) is -0.120. The van der Waals surface area contributed by atoms with E-state index in [9.17, 15) is 14.7 Å². The molecule has 0 radical (unpaired) electrons. The SMILES string of the molecule is O=C(NCC1CCCC1O)c1ccc(Cn2ccccc2=O)o1. The van der Waals surface area contributed by atoms with Gasteiger partial charge in [-0.2, -0.15) is 0 Å². The van der Waals surface area contributed by atoms with E-state index in [1.54, 1.807) is 30.5 Å². The molecule has 23 heavy (non-hydrogen) atoms. The first-order valence-corrected chi connectivity index (χ1v) is 7.84. The van der Waals surface area contributed by atoms with E-state index in [0.717, 1.165) is 19.3 Å². The minimum atomic E-state index is -0.326. The van der Waals surface area contributed by atoms with Crippen molar-refractivity contribution in [2.45, 2.75) is 31.9 Å². The lowest BCUT2D eigenvalue weighted by molar-refractivity contribution is 0.0888. The molecule has 122 valence electrons. The molecule has 1 fully saturated rings. The van der Waals surface area contributed by atoms with E-state index in [1.165, 1.54) is 10.6 Å². The standard InChI is InChI=1S/C17H20N2O4/c20-14-5-3-4-12(14)10-18-17(22)15-8-7-13(23-15)11-19-9-2-1-6-16(19)21/h1-2,6-9,12,14,20H,3-5,10-11H2,(H,18,22). The lowest BCUT2D eigenvalue weighted by Crippen LogP contribution is -2.32. The van der Waals surface area contributed by atoms with Crippen LogP contribution >= 0.6 is 0 Å². The van der Waals surface area contributed by atoms with Crippen molar-refractivity contribution < 1.29 is 14.3 Å². The number of furan rings is 1. The molecule has 2 aromatic rings. The van der Waals surface area contributed by atoms with Crippen molar-refractivity contribution in [1.29, 1.82) is 0 Å². The van der Waals surface area contributed by atoms with Gasteiger partial charge in [-0.25, -0.2) is 0 Å². The van der Waals surface area contributed by atoms with Crippen molar-refractivity contribution in [3.8, 4) is 0 Å². The summed E-state index contributed by atoms with van der Waals surface area (Å²) in [6.07, 6.45) is 4.08. The number of hydrogen-bond acceptors (Lipinski definition) is 4. The minimum absolute atomic E-state index is 0.120. The summed E-state index contributed by atoms with van der Waals surface area (Å²) in [4.78, 5) is 23.7. The molecule has 6 nitrogen and oxygen atoms in total. The number of rotatable bonds is 5. The fourth-order valence-electron chi connectivity index (χ4n) is 2.91. The Bertz CT molecular complexity index is 734. The number of nitrogens with one attached hydrogen (secondary N) is 1. The molecule has 1 aliphatic carbocycles. The molecule has 0 saturated heterocycles. The number of nitrogens with zero attached hydrogens (tertiary/aromatic N) is 1. The maximum absolute atomic E-state index is 12.1. The second kappa shape index (κ2) is 6.83. The number of carbonyl (C=O) groups is 1. The molecular weight excluding hydrogens is 296 g/mol. The summed E-state index contributed by atoms with van der Waals surface area (Å²) in [6, 6.07) is 8.22. The van der Waals surface area contributed by atoms with E-state index in [4.69, 9.17) is 4.42 Å². The second-order valence-electron chi connectivity index (χ2n) is 5.90. The molecule has 2 atom stereocenters. The average molecular weight is 316 g/mol. The van der Waals surface area contributed by atoms with E-state index in [2.05, 4.69) is 5.32 Å². The molecule has 3 rings (SSSR count). The third kappa shape index (κ3) is 3.71. The molecule has 0 aromatic carbocycles. The van der Waals surface area contributed by atoms with Gasteiger partial charge in [0.2, 0.25) is 0 Å². The van der Waals surface area contributed by atoms with Crippen molar-refractivity contribution in [3.63, 3.8) is 0 Å². The van der Waals surface area contributed by atoms with Gasteiger partial charge in [-0.1, -0.05) is 12.5 Å². The maximum Gasteiger partial charge on any atom is 0.287 e. The summed E-state index contributed by atoms with van der Waals surface area (Å²) in [7, 11) is 0. The zero-order valence-electron chi connectivity index (χ0n) is 12.8. The van der Waals surface area contributed by atoms with Crippen LogP contribution in [0.15, 0.2) is 45.7 Å². The number of carbonyl (C=O) groups excluding carboxylic acids is 1. The van der Waals surface area contributed by atoms with Gasteiger partial charge in [0.1, 0.15) is 5.76 Å². The van der Waals surface area contributed by atoms with E-state index in [-0.39, 0.29) is 35.8 Å². The highest BCUT2D eigenvalue weighted by Crippen LogP contribution is 2.24. The first-order chi connectivity index (χ1) is 11.1. The predicted molar refractivity (Wildman–Crippen MR) is 84.2 cm³/mol. The van der Waals surface area contributed by atoms with Gasteiger partial charge >= 0.3 is 0 Å². The van der Waals surface area contributed by atoms with Crippen molar-refractivity contribution in [2.75, 3.05) is 6.54 Å². The molecule has 1 saturated carbocycles. The van der Waals surface area contributed by atoms with Crippen LogP contribution in [0.3, 0.4) is 0 Å². The van der Waals surface area contributed by atoms with E-state index < -0.39 is 0 Å². The van der Waals surface area contributed by atoms with Crippen LogP contribution in [-0.2, 0) is 6.54 Å². The van der Waals surface area contributed by atoms with Crippen molar-refractivity contribution in [1.82, 2.24) is 9.88 Å². The molecule has 2 unspecified atom stereocenters. The van der Waals surface area contributed by atoms with Crippen LogP contribution in [0.4, 0.5) is 0 Å². The Morgan fingerprint density at radius 3 is 2.91 bits per heavy atom. The molecule has 2 N–H and O–H groups in total. The van der Waals surface area contributed by atoms with Gasteiger partial charge in [-0.3, -0.25) is 9.59 Å². The summed E-state index contributed by atoms with van der Waals surface area (Å²) >= 11 is 0. The van der Waals surface area contributed by atoms with Gasteiger partial charge in [-0.05, 0) is 31.0 Å². The first-order valence-electron chi connectivity index (χ1n) is 7.84. The largest absolute Gasteiger partial charge is 0.454 e. The molecule has 0 aliphatic heterocycles. The number of aliphatic hydroxyl groups excluding tert-OH is 1. The maximum atomic E-state index is 12.1. The monoisotopic (exact) mass is 316 g/mol. The second-order valence-corrected chi connectivity index (χ2v) is 5.90. The van der Waals surface area contributed by atoms with Gasteiger partial charge < -0.3 is 19.4 Å². The molecule has 1 aliphatic rings. The van der Waals surface area contributed by atoms with Crippen LogP contribution in [0.25, 0.3) is 0 Å². The minimum Gasteiger partial charge on any atom is -0.454 e. The Balaban J connectivity index is 1.59. The third-order valence-corrected chi connectivity index (χ3v) is 4.25. The van der Waals surface area contributed by atoms with Crippen molar-refractivity contribution in [3.05, 3.63) is 58.4 Å². The summed E-state index contributed by atoms with van der Waals surface area (Å²) in [6.45, 7) is 0.739. The zero-order chi connectivity index (χ0) is 16.2. The van der Waals surface area contributed by atoms with Gasteiger partial charge in [0.05, 0.1) is 12.6 Å². The Hall–Kier alpha value is -2.34. The highest BCUT2D eigenvalue weighted by atomic mass is 16.4. The van der Waals surface area contributed by atoms with Crippen LogP contribution < -0.4 is 10.9 Å². The first kappa shape index (κ1) is 15.6. The Morgan fingerprint density at radius 1 is 1.30 bits per heavy atom. The molecule has 6 heteroatoms. The lowest BCUT2D eigenvalue weighted by atomic mass is 10.1. The van der Waals surface area contributed by atoms with E-state index >= 15 is 0 Å². The molecule has 2 aromatic heterocycles. The van der Waals surface area contributed by atoms with Crippen LogP contribution in [-0.4, -0.2) is 28.2 Å². The number of amides is 1. The molecule has 0 spiro atoms. The quantitative estimate of drug-likeness (QED) is 0.873. The van der Waals surface area contributed by atoms with Crippen molar-refractivity contribution >= 4 is 5.91 Å². The fourth-order valence-corrected chi connectivity index (χ4v) is 2.91. The lowest BCUT2D eigenvalue weighted by Gasteiger charge is -2.14. The number of pyridine rings is 1. The number of hydrogen-bond donors (Lipinski definition) is 2. The summed E-state index contributed by atoms with van der Waals surface area (Å²) in [5, 5.41) is 12.6. The topological polar surface area (TPSA) is 84.5 Å². The zero-order valence-corrected chi connectivity index (χ0v) is 12.8. The van der Waals surface area contributed by atoms with E-state index in [0.29, 0.717) is 12.3 Å². The predicted octanol–water partition coefficient (Wildman–Crippen LogP) is 1.38. The highest BCUT2D eigenvalue weighted by Gasteiger charge is 2.25. The van der Waals surface area contributed by atoms with Gasteiger partial charge in [0.25, 0.3) is 11.5 Å². The number of aromatic nitrogens is 1. The normalized spacial score (nSPS) is 20.6. The fraction of sp³-hybridized carbons (Fsp3) is 0.412.